The lowest BCUT2D eigenvalue weighted by Gasteiger charge is -2.09. The maximum absolute atomic E-state index is 10.9. The number of thioether (sulfide) groups is 1. The largest absolute Gasteiger partial charge is 0.492 e. The summed E-state index contributed by atoms with van der Waals surface area (Å²) in [4.78, 5) is 12.1. The zero-order chi connectivity index (χ0) is 15.2. The first-order valence-corrected chi connectivity index (χ1v) is 7.71. The van der Waals surface area contributed by atoms with Crippen LogP contribution in [-0.4, -0.2) is 23.4 Å². The molecule has 0 heterocycles. The van der Waals surface area contributed by atoms with Gasteiger partial charge in [-0.3, -0.25) is 0 Å². The van der Waals surface area contributed by atoms with Crippen LogP contribution >= 0.6 is 11.8 Å². The van der Waals surface area contributed by atoms with Crippen LogP contribution in [0.4, 0.5) is 0 Å². The standard InChI is InChI=1S/C17H18O3S/c1-12-3-6-15(7-4-12)21-10-9-20-16-8-5-14(17(18)19)11-13(16)2/h3-8,11H,9-10H2,1-2H3,(H,18,19). The number of carbonyl (C=O) groups is 1. The number of carboxylic acid groups (broad SMARTS) is 1. The van der Waals surface area contributed by atoms with Crippen molar-refractivity contribution in [3.05, 3.63) is 59.2 Å². The number of aromatic carboxylic acids is 1. The lowest BCUT2D eigenvalue weighted by atomic mass is 10.1. The quantitative estimate of drug-likeness (QED) is 0.642. The first kappa shape index (κ1) is 15.4. The summed E-state index contributed by atoms with van der Waals surface area (Å²) >= 11 is 1.74. The average molecular weight is 302 g/mol. The molecule has 2 rings (SSSR count). The average Bonchev–Trinajstić information content (AvgIpc) is 2.46. The minimum absolute atomic E-state index is 0.286. The van der Waals surface area contributed by atoms with Crippen LogP contribution in [0.2, 0.25) is 0 Å². The highest BCUT2D eigenvalue weighted by Gasteiger charge is 2.06. The molecule has 21 heavy (non-hydrogen) atoms. The first-order chi connectivity index (χ1) is 10.1. The smallest absolute Gasteiger partial charge is 0.335 e. The van der Waals surface area contributed by atoms with E-state index in [0.29, 0.717) is 6.61 Å². The predicted molar refractivity (Wildman–Crippen MR) is 85.5 cm³/mol. The van der Waals surface area contributed by atoms with E-state index in [1.54, 1.807) is 30.0 Å². The molecule has 0 spiro atoms. The molecule has 0 aromatic heterocycles. The van der Waals surface area contributed by atoms with Crippen LogP contribution in [0.25, 0.3) is 0 Å². The Balaban J connectivity index is 1.83. The molecule has 110 valence electrons. The summed E-state index contributed by atoms with van der Waals surface area (Å²) in [7, 11) is 0. The molecule has 0 amide bonds. The molecule has 1 N–H and O–H groups in total. The lowest BCUT2D eigenvalue weighted by Crippen LogP contribution is -2.03. The Hall–Kier alpha value is -1.94. The Morgan fingerprint density at radius 1 is 1.14 bits per heavy atom. The SMILES string of the molecule is Cc1ccc(SCCOc2ccc(C(=O)O)cc2C)cc1. The van der Waals surface area contributed by atoms with Crippen LogP contribution in [0.5, 0.6) is 5.75 Å². The van der Waals surface area contributed by atoms with Crippen molar-refractivity contribution in [1.82, 2.24) is 0 Å². The van der Waals surface area contributed by atoms with Gasteiger partial charge in [0.2, 0.25) is 0 Å². The van der Waals surface area contributed by atoms with Crippen LogP contribution in [0.15, 0.2) is 47.4 Å². The molecule has 2 aromatic rings. The molecule has 0 unspecified atom stereocenters. The molecule has 0 aliphatic carbocycles. The molecule has 3 nitrogen and oxygen atoms in total. The summed E-state index contributed by atoms with van der Waals surface area (Å²) in [5, 5.41) is 8.92. The van der Waals surface area contributed by atoms with Gasteiger partial charge in [-0.25, -0.2) is 4.79 Å². The minimum atomic E-state index is -0.917. The summed E-state index contributed by atoms with van der Waals surface area (Å²) < 4.78 is 5.70. The fraction of sp³-hybridized carbons (Fsp3) is 0.235. The van der Waals surface area contributed by atoms with Gasteiger partial charge in [-0.1, -0.05) is 17.7 Å². The molecule has 0 radical (unpaired) electrons. The molecule has 0 saturated carbocycles. The van der Waals surface area contributed by atoms with Crippen molar-refractivity contribution in [3.63, 3.8) is 0 Å². The maximum atomic E-state index is 10.9. The molecule has 0 aliphatic heterocycles. The van der Waals surface area contributed by atoms with E-state index in [2.05, 4.69) is 31.2 Å². The van der Waals surface area contributed by atoms with Crippen LogP contribution < -0.4 is 4.74 Å². The van der Waals surface area contributed by atoms with E-state index in [-0.39, 0.29) is 5.56 Å². The van der Waals surface area contributed by atoms with E-state index in [0.717, 1.165) is 17.1 Å². The summed E-state index contributed by atoms with van der Waals surface area (Å²) in [6.07, 6.45) is 0. The first-order valence-electron chi connectivity index (χ1n) is 6.72. The predicted octanol–water partition coefficient (Wildman–Crippen LogP) is 4.17. The zero-order valence-electron chi connectivity index (χ0n) is 12.1. The molecule has 0 aliphatic rings. The van der Waals surface area contributed by atoms with E-state index < -0.39 is 5.97 Å². The lowest BCUT2D eigenvalue weighted by molar-refractivity contribution is 0.0696. The number of hydrogen-bond acceptors (Lipinski definition) is 3. The van der Waals surface area contributed by atoms with Crippen LogP contribution in [0.1, 0.15) is 21.5 Å². The fourth-order valence-corrected chi connectivity index (χ4v) is 2.62. The molecular formula is C17H18O3S. The number of carboxylic acids is 1. The third kappa shape index (κ3) is 4.53. The van der Waals surface area contributed by atoms with Crippen LogP contribution in [-0.2, 0) is 0 Å². The summed E-state index contributed by atoms with van der Waals surface area (Å²) in [5.74, 6) is 0.674. The molecule has 0 atom stereocenters. The fourth-order valence-electron chi connectivity index (χ4n) is 1.89. The molecule has 2 aromatic carbocycles. The van der Waals surface area contributed by atoms with Crippen LogP contribution in [0, 0.1) is 13.8 Å². The molecule has 0 fully saturated rings. The second-order valence-electron chi connectivity index (χ2n) is 4.80. The second kappa shape index (κ2) is 7.18. The van der Waals surface area contributed by atoms with E-state index in [1.807, 2.05) is 6.92 Å². The van der Waals surface area contributed by atoms with E-state index >= 15 is 0 Å². The Kier molecular flexibility index (Phi) is 5.28. The van der Waals surface area contributed by atoms with Gasteiger partial charge in [0.25, 0.3) is 0 Å². The number of aryl methyl sites for hydroxylation is 2. The number of ether oxygens (including phenoxy) is 1. The highest BCUT2D eigenvalue weighted by molar-refractivity contribution is 7.99. The van der Waals surface area contributed by atoms with Gasteiger partial charge in [-0.05, 0) is 49.7 Å². The van der Waals surface area contributed by atoms with Crippen molar-refractivity contribution in [3.8, 4) is 5.75 Å². The van der Waals surface area contributed by atoms with Crippen molar-refractivity contribution in [2.75, 3.05) is 12.4 Å². The van der Waals surface area contributed by atoms with Gasteiger partial charge in [0.15, 0.2) is 0 Å². The van der Waals surface area contributed by atoms with Crippen molar-refractivity contribution in [2.24, 2.45) is 0 Å². The molecular weight excluding hydrogens is 284 g/mol. The van der Waals surface area contributed by atoms with Gasteiger partial charge in [-0.2, -0.15) is 0 Å². The summed E-state index contributed by atoms with van der Waals surface area (Å²) in [5.41, 5.74) is 2.38. The number of rotatable bonds is 6. The molecule has 0 bridgehead atoms. The Labute approximate surface area is 129 Å². The van der Waals surface area contributed by atoms with E-state index in [9.17, 15) is 4.79 Å². The third-order valence-electron chi connectivity index (χ3n) is 3.05. The van der Waals surface area contributed by atoms with Gasteiger partial charge >= 0.3 is 5.97 Å². The number of hydrogen-bond donors (Lipinski definition) is 1. The number of benzene rings is 2. The zero-order valence-corrected chi connectivity index (χ0v) is 12.9. The maximum Gasteiger partial charge on any atom is 0.335 e. The van der Waals surface area contributed by atoms with Gasteiger partial charge < -0.3 is 9.84 Å². The summed E-state index contributed by atoms with van der Waals surface area (Å²) in [6.45, 7) is 4.52. The van der Waals surface area contributed by atoms with Crippen LogP contribution in [0.3, 0.4) is 0 Å². The van der Waals surface area contributed by atoms with E-state index in [4.69, 9.17) is 9.84 Å². The monoisotopic (exact) mass is 302 g/mol. The topological polar surface area (TPSA) is 46.5 Å². The van der Waals surface area contributed by atoms with Crippen molar-refractivity contribution in [2.45, 2.75) is 18.7 Å². The Morgan fingerprint density at radius 3 is 2.48 bits per heavy atom. The van der Waals surface area contributed by atoms with Crippen molar-refractivity contribution in [1.29, 1.82) is 0 Å². The molecule has 0 saturated heterocycles. The van der Waals surface area contributed by atoms with Gasteiger partial charge in [0.05, 0.1) is 12.2 Å². The Bertz CT molecular complexity index is 620. The normalized spacial score (nSPS) is 10.4. The Morgan fingerprint density at radius 2 is 1.86 bits per heavy atom. The summed E-state index contributed by atoms with van der Waals surface area (Å²) in [6, 6.07) is 13.3. The van der Waals surface area contributed by atoms with Crippen molar-refractivity contribution >= 4 is 17.7 Å². The minimum Gasteiger partial charge on any atom is -0.492 e. The van der Waals surface area contributed by atoms with Gasteiger partial charge in [0.1, 0.15) is 5.75 Å². The highest BCUT2D eigenvalue weighted by Crippen LogP contribution is 2.21. The molecule has 4 heteroatoms. The second-order valence-corrected chi connectivity index (χ2v) is 5.96. The van der Waals surface area contributed by atoms with Gasteiger partial charge in [-0.15, -0.1) is 11.8 Å². The highest BCUT2D eigenvalue weighted by atomic mass is 32.2. The van der Waals surface area contributed by atoms with Gasteiger partial charge in [0, 0.05) is 10.6 Å². The van der Waals surface area contributed by atoms with E-state index in [1.165, 1.54) is 10.5 Å². The van der Waals surface area contributed by atoms with Crippen molar-refractivity contribution < 1.29 is 14.6 Å². The third-order valence-corrected chi connectivity index (χ3v) is 4.03.